The number of carbonyl (C=O) groups is 1. The van der Waals surface area contributed by atoms with Crippen molar-refractivity contribution in [2.75, 3.05) is 7.05 Å². The number of pyridine rings is 1. The fourth-order valence-corrected chi connectivity index (χ4v) is 5.87. The standard InChI is InChI=1S/C27H24F2N6O2/c1-34-19-10-17(21-16(26(34)36)3-2-4-20(21)37-27(28)29)22-18-9-14(7-8-35(18)33-24(19)22)15-11-31-25(32-12-15)23(30)13-5-6-13/h2-4,7-9,11-13,17,19,23,27H,5-6,10,30H2,1H3/t17-,19-,23-/m1/s1. The Morgan fingerprint density at radius 3 is 2.62 bits per heavy atom. The minimum absolute atomic E-state index is 0.0271. The van der Waals surface area contributed by atoms with E-state index in [1.54, 1.807) is 41.0 Å². The molecule has 3 atom stereocenters. The van der Waals surface area contributed by atoms with Crippen LogP contribution in [-0.4, -0.2) is 44.0 Å². The third-order valence-electron chi connectivity index (χ3n) is 7.91. The van der Waals surface area contributed by atoms with E-state index in [9.17, 15) is 13.6 Å². The minimum Gasteiger partial charge on any atom is -0.434 e. The lowest BCUT2D eigenvalue weighted by Gasteiger charge is -2.23. The minimum atomic E-state index is -2.99. The van der Waals surface area contributed by atoms with Crippen LogP contribution in [0, 0.1) is 5.92 Å². The van der Waals surface area contributed by atoms with Gasteiger partial charge < -0.3 is 15.4 Å². The van der Waals surface area contributed by atoms with Gasteiger partial charge in [-0.25, -0.2) is 14.5 Å². The molecule has 2 aliphatic carbocycles. The summed E-state index contributed by atoms with van der Waals surface area (Å²) in [6.07, 6.45) is 8.22. The Labute approximate surface area is 211 Å². The number of alkyl halides is 2. The van der Waals surface area contributed by atoms with Gasteiger partial charge in [0, 0.05) is 53.8 Å². The number of aromatic nitrogens is 4. The number of fused-ring (bicyclic) bond motifs is 9. The number of benzene rings is 1. The fraction of sp³-hybridized carbons (Fsp3) is 0.333. The largest absolute Gasteiger partial charge is 0.434 e. The van der Waals surface area contributed by atoms with Gasteiger partial charge in [-0.3, -0.25) is 4.79 Å². The first-order valence-electron chi connectivity index (χ1n) is 12.4. The van der Waals surface area contributed by atoms with Crippen LogP contribution in [0.25, 0.3) is 16.6 Å². The summed E-state index contributed by atoms with van der Waals surface area (Å²) < 4.78 is 33.3. The first kappa shape index (κ1) is 22.3. The van der Waals surface area contributed by atoms with Crippen LogP contribution in [0.2, 0.25) is 0 Å². The van der Waals surface area contributed by atoms with Crippen molar-refractivity contribution in [2.24, 2.45) is 11.7 Å². The Morgan fingerprint density at radius 1 is 1.11 bits per heavy atom. The second-order valence-corrected chi connectivity index (χ2v) is 10.1. The van der Waals surface area contributed by atoms with Crippen molar-refractivity contribution in [2.45, 2.75) is 43.9 Å². The van der Waals surface area contributed by atoms with Crippen molar-refractivity contribution in [3.63, 3.8) is 0 Å². The monoisotopic (exact) mass is 502 g/mol. The maximum atomic E-state index is 13.3. The summed E-state index contributed by atoms with van der Waals surface area (Å²) >= 11 is 0. The summed E-state index contributed by atoms with van der Waals surface area (Å²) in [6.45, 7) is -2.99. The second-order valence-electron chi connectivity index (χ2n) is 10.1. The van der Waals surface area contributed by atoms with E-state index in [1.807, 2.05) is 18.3 Å². The molecular formula is C27H24F2N6O2. The van der Waals surface area contributed by atoms with Gasteiger partial charge in [-0.2, -0.15) is 13.9 Å². The Hall–Kier alpha value is -3.92. The van der Waals surface area contributed by atoms with Gasteiger partial charge in [-0.15, -0.1) is 0 Å². The predicted molar refractivity (Wildman–Crippen MR) is 130 cm³/mol. The van der Waals surface area contributed by atoms with Crippen molar-refractivity contribution in [1.29, 1.82) is 0 Å². The van der Waals surface area contributed by atoms with Crippen molar-refractivity contribution in [3.8, 4) is 16.9 Å². The molecule has 0 unspecified atom stereocenters. The maximum absolute atomic E-state index is 13.3. The van der Waals surface area contributed by atoms with E-state index >= 15 is 0 Å². The number of halogens is 2. The van der Waals surface area contributed by atoms with Crippen LogP contribution < -0.4 is 10.5 Å². The Kier molecular flexibility index (Phi) is 4.84. The van der Waals surface area contributed by atoms with Gasteiger partial charge >= 0.3 is 6.61 Å². The number of hydrogen-bond donors (Lipinski definition) is 1. The highest BCUT2D eigenvalue weighted by molar-refractivity contribution is 5.98. The fourth-order valence-electron chi connectivity index (χ4n) is 5.87. The van der Waals surface area contributed by atoms with Crippen molar-refractivity contribution >= 4 is 11.4 Å². The molecule has 2 bridgehead atoms. The number of nitrogens with two attached hydrogens (primary N) is 1. The molecule has 3 aromatic heterocycles. The van der Waals surface area contributed by atoms with Gasteiger partial charge in [-0.05, 0) is 55.0 Å². The molecule has 37 heavy (non-hydrogen) atoms. The van der Waals surface area contributed by atoms with Crippen LogP contribution in [-0.2, 0) is 0 Å². The zero-order valence-electron chi connectivity index (χ0n) is 20.0. The van der Waals surface area contributed by atoms with Gasteiger partial charge in [0.15, 0.2) is 0 Å². The van der Waals surface area contributed by atoms with Gasteiger partial charge in [-0.1, -0.05) is 6.07 Å². The third kappa shape index (κ3) is 3.42. The molecule has 8 nitrogen and oxygen atoms in total. The quantitative estimate of drug-likeness (QED) is 0.433. The van der Waals surface area contributed by atoms with Crippen LogP contribution >= 0.6 is 0 Å². The smallest absolute Gasteiger partial charge is 0.387 e. The van der Waals surface area contributed by atoms with Crippen LogP contribution in [0.1, 0.15) is 70.3 Å². The first-order valence-corrected chi connectivity index (χ1v) is 12.4. The highest BCUT2D eigenvalue weighted by atomic mass is 19.3. The van der Waals surface area contributed by atoms with Crippen molar-refractivity contribution < 1.29 is 18.3 Å². The second kappa shape index (κ2) is 8.04. The summed E-state index contributed by atoms with van der Waals surface area (Å²) in [5, 5.41) is 4.81. The zero-order valence-corrected chi connectivity index (χ0v) is 20.0. The molecule has 1 fully saturated rings. The molecule has 3 aliphatic rings. The van der Waals surface area contributed by atoms with Crippen LogP contribution in [0.15, 0.2) is 48.9 Å². The lowest BCUT2D eigenvalue weighted by atomic mass is 9.88. The average Bonchev–Trinajstić information content (AvgIpc) is 3.61. The number of nitrogens with zero attached hydrogens (tertiary/aromatic N) is 5. The Bertz CT molecular complexity index is 1550. The molecule has 4 heterocycles. The molecule has 0 radical (unpaired) electrons. The molecule has 0 spiro atoms. The molecule has 1 aromatic carbocycles. The summed E-state index contributed by atoms with van der Waals surface area (Å²) in [4.78, 5) is 24.0. The molecule has 2 N–H and O–H groups in total. The summed E-state index contributed by atoms with van der Waals surface area (Å²) in [7, 11) is 1.73. The molecule has 7 rings (SSSR count). The van der Waals surface area contributed by atoms with Gasteiger partial charge in [0.25, 0.3) is 5.91 Å². The molecule has 10 heteroatoms. The highest BCUT2D eigenvalue weighted by Crippen LogP contribution is 2.53. The SMILES string of the molecule is CN1C(=O)c2cccc(OC(F)F)c2[C@H]2C[C@@H]1c1nn3ccc(-c4cnc([C@H](N)C5CC5)nc4)cc3c12. The molecule has 1 aliphatic heterocycles. The van der Waals surface area contributed by atoms with Crippen molar-refractivity contribution in [3.05, 3.63) is 77.1 Å². The lowest BCUT2D eigenvalue weighted by molar-refractivity contribution is -0.0505. The van der Waals surface area contributed by atoms with E-state index in [-0.39, 0.29) is 29.7 Å². The highest BCUT2D eigenvalue weighted by Gasteiger charge is 2.46. The van der Waals surface area contributed by atoms with Crippen LogP contribution in [0.3, 0.4) is 0 Å². The summed E-state index contributed by atoms with van der Waals surface area (Å²) in [5.74, 6) is 0.596. The van der Waals surface area contributed by atoms with E-state index in [2.05, 4.69) is 9.97 Å². The summed E-state index contributed by atoms with van der Waals surface area (Å²) in [6, 6.07) is 8.30. The molecule has 0 saturated heterocycles. The number of carbonyl (C=O) groups excluding carboxylic acids is 1. The molecule has 1 amide bonds. The van der Waals surface area contributed by atoms with E-state index in [1.165, 1.54) is 6.07 Å². The maximum Gasteiger partial charge on any atom is 0.387 e. The van der Waals surface area contributed by atoms with E-state index in [4.69, 9.17) is 15.6 Å². The normalized spacial score (nSPS) is 21.2. The Balaban J connectivity index is 1.35. The summed E-state index contributed by atoms with van der Waals surface area (Å²) in [5.41, 5.74) is 11.4. The topological polar surface area (TPSA) is 98.6 Å². The number of rotatable bonds is 5. The number of amides is 1. The van der Waals surface area contributed by atoms with Gasteiger partial charge in [0.05, 0.1) is 23.3 Å². The lowest BCUT2D eigenvalue weighted by Crippen LogP contribution is -2.30. The predicted octanol–water partition coefficient (Wildman–Crippen LogP) is 4.46. The van der Waals surface area contributed by atoms with Crippen LogP contribution in [0.5, 0.6) is 5.75 Å². The van der Waals surface area contributed by atoms with E-state index < -0.39 is 6.61 Å². The van der Waals surface area contributed by atoms with Gasteiger partial charge in [0.2, 0.25) is 0 Å². The molecule has 4 aromatic rings. The van der Waals surface area contributed by atoms with E-state index in [0.717, 1.165) is 40.7 Å². The molecule has 1 saturated carbocycles. The van der Waals surface area contributed by atoms with Crippen molar-refractivity contribution in [1.82, 2.24) is 24.5 Å². The zero-order chi connectivity index (χ0) is 25.4. The number of ether oxygens (including phenoxy) is 1. The third-order valence-corrected chi connectivity index (χ3v) is 7.91. The van der Waals surface area contributed by atoms with E-state index in [0.29, 0.717) is 29.3 Å². The molecule has 188 valence electrons. The first-order chi connectivity index (χ1) is 17.9. The van der Waals surface area contributed by atoms with Crippen LogP contribution in [0.4, 0.5) is 8.78 Å². The average molecular weight is 503 g/mol. The number of hydrogen-bond acceptors (Lipinski definition) is 6. The Morgan fingerprint density at radius 2 is 1.89 bits per heavy atom. The molecular weight excluding hydrogens is 478 g/mol. The van der Waals surface area contributed by atoms with Gasteiger partial charge in [0.1, 0.15) is 11.6 Å².